The fourth-order valence-corrected chi connectivity index (χ4v) is 0.654. The first-order valence-corrected chi connectivity index (χ1v) is 3.82. The molecular formula is C10H14O2. The van der Waals surface area contributed by atoms with Crippen molar-refractivity contribution < 1.29 is 9.59 Å². The molecule has 2 nitrogen and oxygen atoms in total. The zero-order chi connectivity index (χ0) is 9.72. The third-order valence-corrected chi connectivity index (χ3v) is 1.53. The SMILES string of the molecule is C=C(C)C(=O)CCC(=O)C(=C)C. The molecule has 0 unspecified atom stereocenters. The molecule has 0 fully saturated rings. The molecule has 0 aliphatic rings. The van der Waals surface area contributed by atoms with Gasteiger partial charge in [-0.05, 0) is 25.0 Å². The van der Waals surface area contributed by atoms with Gasteiger partial charge in [-0.3, -0.25) is 9.59 Å². The van der Waals surface area contributed by atoms with Crippen LogP contribution in [0.5, 0.6) is 0 Å². The molecule has 0 aliphatic heterocycles. The molecule has 0 bridgehead atoms. The maximum Gasteiger partial charge on any atom is 0.158 e. The largest absolute Gasteiger partial charge is 0.295 e. The quantitative estimate of drug-likeness (QED) is 0.586. The van der Waals surface area contributed by atoms with Crippen molar-refractivity contribution in [3.63, 3.8) is 0 Å². The van der Waals surface area contributed by atoms with Crippen molar-refractivity contribution in [1.29, 1.82) is 0 Å². The van der Waals surface area contributed by atoms with Gasteiger partial charge in [0.05, 0.1) is 0 Å². The second-order valence-corrected chi connectivity index (χ2v) is 2.91. The Morgan fingerprint density at radius 2 is 1.17 bits per heavy atom. The second-order valence-electron chi connectivity index (χ2n) is 2.91. The van der Waals surface area contributed by atoms with Crippen LogP contribution < -0.4 is 0 Å². The minimum absolute atomic E-state index is 0.0513. The summed E-state index contributed by atoms with van der Waals surface area (Å²) in [5.74, 6) is -0.103. The van der Waals surface area contributed by atoms with Crippen molar-refractivity contribution in [2.45, 2.75) is 26.7 Å². The number of allylic oxidation sites excluding steroid dienone is 2. The normalized spacial score (nSPS) is 9.17. The molecule has 0 radical (unpaired) electrons. The van der Waals surface area contributed by atoms with E-state index in [1.54, 1.807) is 13.8 Å². The van der Waals surface area contributed by atoms with E-state index in [1.807, 2.05) is 0 Å². The van der Waals surface area contributed by atoms with Gasteiger partial charge in [-0.1, -0.05) is 13.2 Å². The first kappa shape index (κ1) is 10.8. The molecule has 0 aromatic heterocycles. The first-order valence-electron chi connectivity index (χ1n) is 3.82. The van der Waals surface area contributed by atoms with Gasteiger partial charge >= 0.3 is 0 Å². The summed E-state index contributed by atoms with van der Waals surface area (Å²) in [7, 11) is 0. The fourth-order valence-electron chi connectivity index (χ4n) is 0.654. The summed E-state index contributed by atoms with van der Waals surface area (Å²) in [6.07, 6.45) is 0.502. The highest BCUT2D eigenvalue weighted by Gasteiger charge is 2.07. The average Bonchev–Trinajstić information content (AvgIpc) is 1.98. The summed E-state index contributed by atoms with van der Waals surface area (Å²) in [5.41, 5.74) is 1.01. The Kier molecular flexibility index (Phi) is 4.19. The molecule has 0 N–H and O–H groups in total. The van der Waals surface area contributed by atoms with Crippen molar-refractivity contribution >= 4 is 11.6 Å². The predicted molar refractivity (Wildman–Crippen MR) is 48.9 cm³/mol. The molecule has 0 aromatic rings. The molecule has 2 heteroatoms. The van der Waals surface area contributed by atoms with E-state index in [-0.39, 0.29) is 24.4 Å². The predicted octanol–water partition coefficient (Wildman–Crippen LogP) is 2.06. The van der Waals surface area contributed by atoms with Crippen LogP contribution in [0, 0.1) is 0 Å². The Balaban J connectivity index is 3.85. The third kappa shape index (κ3) is 3.86. The van der Waals surface area contributed by atoms with Crippen LogP contribution in [0.3, 0.4) is 0 Å². The number of Topliss-reactive ketones (excluding diaryl/α,β-unsaturated/α-hetero) is 2. The highest BCUT2D eigenvalue weighted by molar-refractivity contribution is 6.00. The number of carbonyl (C=O) groups is 2. The van der Waals surface area contributed by atoms with Crippen molar-refractivity contribution in [3.8, 4) is 0 Å². The molecule has 0 spiro atoms. The lowest BCUT2D eigenvalue weighted by molar-refractivity contribution is -0.120. The monoisotopic (exact) mass is 166 g/mol. The van der Waals surface area contributed by atoms with Crippen LogP contribution in [0.1, 0.15) is 26.7 Å². The lowest BCUT2D eigenvalue weighted by atomic mass is 10.1. The Morgan fingerprint density at radius 1 is 0.917 bits per heavy atom. The van der Waals surface area contributed by atoms with E-state index in [0.29, 0.717) is 11.1 Å². The van der Waals surface area contributed by atoms with Gasteiger partial charge in [-0.2, -0.15) is 0 Å². The van der Waals surface area contributed by atoms with Crippen LogP contribution in [0.15, 0.2) is 24.3 Å². The zero-order valence-corrected chi connectivity index (χ0v) is 7.64. The lowest BCUT2D eigenvalue weighted by Gasteiger charge is -1.98. The van der Waals surface area contributed by atoms with Crippen molar-refractivity contribution in [2.75, 3.05) is 0 Å². The molecule has 0 aliphatic carbocycles. The second kappa shape index (κ2) is 4.65. The summed E-state index contributed by atoms with van der Waals surface area (Å²) in [4.78, 5) is 22.0. The average molecular weight is 166 g/mol. The van der Waals surface area contributed by atoms with E-state index in [0.717, 1.165) is 0 Å². The molecule has 0 saturated heterocycles. The van der Waals surface area contributed by atoms with E-state index in [1.165, 1.54) is 0 Å². The number of hydrogen-bond acceptors (Lipinski definition) is 2. The van der Waals surface area contributed by atoms with Gasteiger partial charge in [0.2, 0.25) is 0 Å². The van der Waals surface area contributed by atoms with Crippen molar-refractivity contribution in [1.82, 2.24) is 0 Å². The van der Waals surface area contributed by atoms with Crippen LogP contribution in [0.25, 0.3) is 0 Å². The molecule has 66 valence electrons. The third-order valence-electron chi connectivity index (χ3n) is 1.53. The van der Waals surface area contributed by atoms with Gasteiger partial charge in [0.15, 0.2) is 11.6 Å². The number of ketones is 2. The molecule has 0 rings (SSSR count). The minimum atomic E-state index is -0.0513. The number of hydrogen-bond donors (Lipinski definition) is 0. The summed E-state index contributed by atoms with van der Waals surface area (Å²) in [5, 5.41) is 0. The van der Waals surface area contributed by atoms with E-state index in [2.05, 4.69) is 13.2 Å². The Morgan fingerprint density at radius 3 is 1.33 bits per heavy atom. The number of rotatable bonds is 5. The van der Waals surface area contributed by atoms with E-state index in [4.69, 9.17) is 0 Å². The van der Waals surface area contributed by atoms with Gasteiger partial charge in [0.25, 0.3) is 0 Å². The molecule has 0 heterocycles. The van der Waals surface area contributed by atoms with E-state index >= 15 is 0 Å². The minimum Gasteiger partial charge on any atom is -0.295 e. The molecular weight excluding hydrogens is 152 g/mol. The zero-order valence-electron chi connectivity index (χ0n) is 7.64. The van der Waals surface area contributed by atoms with Gasteiger partial charge in [-0.25, -0.2) is 0 Å². The summed E-state index contributed by atoms with van der Waals surface area (Å²) >= 11 is 0. The van der Waals surface area contributed by atoms with Crippen LogP contribution in [-0.2, 0) is 9.59 Å². The van der Waals surface area contributed by atoms with E-state index < -0.39 is 0 Å². The van der Waals surface area contributed by atoms with Crippen LogP contribution in [-0.4, -0.2) is 11.6 Å². The Labute approximate surface area is 73.0 Å². The van der Waals surface area contributed by atoms with Gasteiger partial charge in [0, 0.05) is 12.8 Å². The van der Waals surface area contributed by atoms with Gasteiger partial charge < -0.3 is 0 Å². The highest BCUT2D eigenvalue weighted by atomic mass is 16.1. The lowest BCUT2D eigenvalue weighted by Crippen LogP contribution is -2.04. The first-order chi connectivity index (χ1) is 5.45. The molecule has 12 heavy (non-hydrogen) atoms. The van der Waals surface area contributed by atoms with E-state index in [9.17, 15) is 9.59 Å². The Bertz CT molecular complexity index is 210. The fraction of sp³-hybridized carbons (Fsp3) is 0.400. The smallest absolute Gasteiger partial charge is 0.158 e. The molecule has 0 aromatic carbocycles. The summed E-state index contributed by atoms with van der Waals surface area (Å²) in [6, 6.07) is 0. The maximum atomic E-state index is 11.0. The maximum absolute atomic E-state index is 11.0. The molecule has 0 amide bonds. The summed E-state index contributed by atoms with van der Waals surface area (Å²) < 4.78 is 0. The topological polar surface area (TPSA) is 34.1 Å². The standard InChI is InChI=1S/C10H14O2/c1-7(2)9(11)5-6-10(12)8(3)4/h1,3,5-6H2,2,4H3. The van der Waals surface area contributed by atoms with Gasteiger partial charge in [-0.15, -0.1) is 0 Å². The van der Waals surface area contributed by atoms with Crippen LogP contribution >= 0.6 is 0 Å². The highest BCUT2D eigenvalue weighted by Crippen LogP contribution is 2.03. The molecule has 0 atom stereocenters. The summed E-state index contributed by atoms with van der Waals surface area (Å²) in [6.45, 7) is 10.3. The van der Waals surface area contributed by atoms with Crippen LogP contribution in [0.2, 0.25) is 0 Å². The Hall–Kier alpha value is -1.18. The molecule has 0 saturated carbocycles. The van der Waals surface area contributed by atoms with Gasteiger partial charge in [0.1, 0.15) is 0 Å². The van der Waals surface area contributed by atoms with Crippen molar-refractivity contribution in [3.05, 3.63) is 24.3 Å². The van der Waals surface area contributed by atoms with Crippen molar-refractivity contribution in [2.24, 2.45) is 0 Å². The number of carbonyl (C=O) groups excluding carboxylic acids is 2. The van der Waals surface area contributed by atoms with Crippen LogP contribution in [0.4, 0.5) is 0 Å².